The van der Waals surface area contributed by atoms with E-state index in [-0.39, 0.29) is 23.8 Å². The Bertz CT molecular complexity index is 502. The van der Waals surface area contributed by atoms with Crippen LogP contribution in [0.3, 0.4) is 0 Å². The van der Waals surface area contributed by atoms with Gasteiger partial charge in [-0.1, -0.05) is 12.5 Å². The first-order valence-electron chi connectivity index (χ1n) is 6.97. The standard InChI is InChI=1S/C15H21N3O2/c1-10(19)17-12-5-3-6-13(9-12)18-15(20)8-11-4-2-7-14(11)16/h3,5-6,9,11,14H,2,4,7-8,16H2,1H3,(H,17,19)(H,18,20)/t11-,14+/m0/s1. The van der Waals surface area contributed by atoms with Crippen molar-refractivity contribution in [2.45, 2.75) is 38.6 Å². The lowest BCUT2D eigenvalue weighted by Gasteiger charge is -2.15. The number of nitrogens with one attached hydrogen (secondary N) is 2. The third kappa shape index (κ3) is 4.06. The number of hydrogen-bond acceptors (Lipinski definition) is 3. The number of rotatable bonds is 4. The summed E-state index contributed by atoms with van der Waals surface area (Å²) in [5, 5.41) is 5.55. The monoisotopic (exact) mass is 275 g/mol. The molecule has 1 aliphatic carbocycles. The van der Waals surface area contributed by atoms with Crippen molar-refractivity contribution in [1.82, 2.24) is 0 Å². The summed E-state index contributed by atoms with van der Waals surface area (Å²) in [6.07, 6.45) is 3.61. The zero-order chi connectivity index (χ0) is 14.5. The van der Waals surface area contributed by atoms with Crippen LogP contribution in [0.5, 0.6) is 0 Å². The zero-order valence-corrected chi connectivity index (χ0v) is 11.7. The van der Waals surface area contributed by atoms with E-state index < -0.39 is 0 Å². The molecule has 2 atom stereocenters. The van der Waals surface area contributed by atoms with Crippen molar-refractivity contribution < 1.29 is 9.59 Å². The topological polar surface area (TPSA) is 84.2 Å². The Morgan fingerprint density at radius 1 is 1.25 bits per heavy atom. The van der Waals surface area contributed by atoms with Gasteiger partial charge < -0.3 is 16.4 Å². The Morgan fingerprint density at radius 2 is 1.95 bits per heavy atom. The highest BCUT2D eigenvalue weighted by Gasteiger charge is 2.25. The van der Waals surface area contributed by atoms with E-state index in [4.69, 9.17) is 5.73 Å². The Hall–Kier alpha value is -1.88. The maximum atomic E-state index is 12.0. The minimum absolute atomic E-state index is 0.0210. The van der Waals surface area contributed by atoms with Crippen LogP contribution in [0.4, 0.5) is 11.4 Å². The fraction of sp³-hybridized carbons (Fsp3) is 0.467. The first-order valence-corrected chi connectivity index (χ1v) is 6.97. The molecule has 0 radical (unpaired) electrons. The average molecular weight is 275 g/mol. The minimum atomic E-state index is -0.134. The van der Waals surface area contributed by atoms with Crippen molar-refractivity contribution in [3.05, 3.63) is 24.3 Å². The van der Waals surface area contributed by atoms with Crippen LogP contribution < -0.4 is 16.4 Å². The molecule has 108 valence electrons. The second-order valence-electron chi connectivity index (χ2n) is 5.37. The molecular formula is C15H21N3O2. The lowest BCUT2D eigenvalue weighted by molar-refractivity contribution is -0.117. The Balaban J connectivity index is 1.92. The summed E-state index contributed by atoms with van der Waals surface area (Å²) < 4.78 is 0. The van der Waals surface area contributed by atoms with Crippen LogP contribution in [-0.4, -0.2) is 17.9 Å². The predicted octanol–water partition coefficient (Wildman–Crippen LogP) is 2.10. The molecule has 0 unspecified atom stereocenters. The van der Waals surface area contributed by atoms with Crippen molar-refractivity contribution in [3.8, 4) is 0 Å². The van der Waals surface area contributed by atoms with Gasteiger partial charge in [0.2, 0.25) is 11.8 Å². The molecule has 2 amide bonds. The molecule has 2 rings (SSSR count). The molecule has 0 saturated heterocycles. The largest absolute Gasteiger partial charge is 0.327 e. The molecule has 1 aromatic carbocycles. The van der Waals surface area contributed by atoms with Gasteiger partial charge in [-0.15, -0.1) is 0 Å². The molecule has 0 heterocycles. The fourth-order valence-corrected chi connectivity index (χ4v) is 2.65. The van der Waals surface area contributed by atoms with Gasteiger partial charge in [-0.2, -0.15) is 0 Å². The number of benzene rings is 1. The second-order valence-corrected chi connectivity index (χ2v) is 5.37. The van der Waals surface area contributed by atoms with Crippen LogP contribution in [0.1, 0.15) is 32.6 Å². The fourth-order valence-electron chi connectivity index (χ4n) is 2.65. The van der Waals surface area contributed by atoms with E-state index in [9.17, 15) is 9.59 Å². The van der Waals surface area contributed by atoms with Gasteiger partial charge in [-0.05, 0) is 37.0 Å². The van der Waals surface area contributed by atoms with E-state index in [1.165, 1.54) is 6.92 Å². The van der Waals surface area contributed by atoms with Crippen molar-refractivity contribution in [2.24, 2.45) is 11.7 Å². The molecule has 0 aromatic heterocycles. The molecule has 0 bridgehead atoms. The number of anilines is 2. The molecule has 0 spiro atoms. The second kappa shape index (κ2) is 6.52. The highest BCUT2D eigenvalue weighted by molar-refractivity contribution is 5.93. The van der Waals surface area contributed by atoms with Crippen LogP contribution in [0.2, 0.25) is 0 Å². The smallest absolute Gasteiger partial charge is 0.224 e. The summed E-state index contributed by atoms with van der Waals surface area (Å²) in [5.74, 6) is 0.131. The van der Waals surface area contributed by atoms with Crippen molar-refractivity contribution >= 4 is 23.2 Å². The predicted molar refractivity (Wildman–Crippen MR) is 79.3 cm³/mol. The van der Waals surface area contributed by atoms with Gasteiger partial charge in [-0.3, -0.25) is 9.59 Å². The molecule has 20 heavy (non-hydrogen) atoms. The highest BCUT2D eigenvalue weighted by Crippen LogP contribution is 2.27. The maximum Gasteiger partial charge on any atom is 0.224 e. The summed E-state index contributed by atoms with van der Waals surface area (Å²) in [7, 11) is 0. The lowest BCUT2D eigenvalue weighted by atomic mass is 10.00. The summed E-state index contributed by atoms with van der Waals surface area (Å²) in [5.41, 5.74) is 7.33. The van der Waals surface area contributed by atoms with Gasteiger partial charge in [0.25, 0.3) is 0 Å². The third-order valence-corrected chi connectivity index (χ3v) is 3.63. The third-order valence-electron chi connectivity index (χ3n) is 3.63. The van der Waals surface area contributed by atoms with E-state index in [0.29, 0.717) is 17.8 Å². The first-order chi connectivity index (χ1) is 9.54. The van der Waals surface area contributed by atoms with E-state index in [1.807, 2.05) is 0 Å². The van der Waals surface area contributed by atoms with Gasteiger partial charge >= 0.3 is 0 Å². The molecule has 1 aromatic rings. The summed E-state index contributed by atoms with van der Waals surface area (Å²) >= 11 is 0. The number of amides is 2. The summed E-state index contributed by atoms with van der Waals surface area (Å²) in [6, 6.07) is 7.27. The quantitative estimate of drug-likeness (QED) is 0.786. The van der Waals surface area contributed by atoms with Gasteiger partial charge in [0.15, 0.2) is 0 Å². The van der Waals surface area contributed by atoms with Crippen molar-refractivity contribution in [3.63, 3.8) is 0 Å². The number of nitrogens with two attached hydrogens (primary N) is 1. The van der Waals surface area contributed by atoms with E-state index in [1.54, 1.807) is 24.3 Å². The Kier molecular flexibility index (Phi) is 4.74. The summed E-state index contributed by atoms with van der Waals surface area (Å²) in [6.45, 7) is 1.45. The van der Waals surface area contributed by atoms with E-state index in [2.05, 4.69) is 10.6 Å². The Morgan fingerprint density at radius 3 is 2.55 bits per heavy atom. The van der Waals surface area contributed by atoms with Gasteiger partial charge in [-0.25, -0.2) is 0 Å². The molecule has 1 aliphatic rings. The highest BCUT2D eigenvalue weighted by atomic mass is 16.2. The first kappa shape index (κ1) is 14.5. The molecule has 1 saturated carbocycles. The van der Waals surface area contributed by atoms with Crippen molar-refractivity contribution in [2.75, 3.05) is 10.6 Å². The molecule has 5 heteroatoms. The molecule has 5 nitrogen and oxygen atoms in total. The average Bonchev–Trinajstić information content (AvgIpc) is 2.74. The van der Waals surface area contributed by atoms with E-state index >= 15 is 0 Å². The summed E-state index contributed by atoms with van der Waals surface area (Å²) in [4.78, 5) is 23.0. The van der Waals surface area contributed by atoms with Crippen molar-refractivity contribution in [1.29, 1.82) is 0 Å². The van der Waals surface area contributed by atoms with Crippen LogP contribution in [0.15, 0.2) is 24.3 Å². The number of carbonyl (C=O) groups excluding carboxylic acids is 2. The SMILES string of the molecule is CC(=O)Nc1cccc(NC(=O)C[C@@H]2CCC[C@H]2N)c1. The lowest BCUT2D eigenvalue weighted by Crippen LogP contribution is -2.28. The van der Waals surface area contributed by atoms with Gasteiger partial charge in [0.1, 0.15) is 0 Å². The molecule has 1 fully saturated rings. The molecule has 0 aliphatic heterocycles. The van der Waals surface area contributed by atoms with E-state index in [0.717, 1.165) is 19.3 Å². The maximum absolute atomic E-state index is 12.0. The van der Waals surface area contributed by atoms with Crippen LogP contribution in [0, 0.1) is 5.92 Å². The van der Waals surface area contributed by atoms with Crippen LogP contribution >= 0.6 is 0 Å². The molecular weight excluding hydrogens is 254 g/mol. The Labute approximate surface area is 118 Å². The van der Waals surface area contributed by atoms with Crippen LogP contribution in [-0.2, 0) is 9.59 Å². The van der Waals surface area contributed by atoms with Gasteiger partial charge in [0, 0.05) is 30.8 Å². The number of hydrogen-bond donors (Lipinski definition) is 3. The number of carbonyl (C=O) groups is 2. The van der Waals surface area contributed by atoms with Gasteiger partial charge in [0.05, 0.1) is 0 Å². The van der Waals surface area contributed by atoms with Crippen LogP contribution in [0.25, 0.3) is 0 Å². The minimum Gasteiger partial charge on any atom is -0.327 e. The normalized spacial score (nSPS) is 21.5. The molecule has 4 N–H and O–H groups in total. The zero-order valence-electron chi connectivity index (χ0n) is 11.7.